The van der Waals surface area contributed by atoms with Crippen molar-refractivity contribution < 1.29 is 0 Å². The standard InChI is InChI=1S/C13H25N/c1-10(2)8-7-9-12(14)13(5,6)11(3)4/h8,11,14H,7,9H2,1-6H3. The zero-order valence-electron chi connectivity index (χ0n) is 10.6. The first-order valence-corrected chi connectivity index (χ1v) is 5.49. The van der Waals surface area contributed by atoms with Crippen LogP contribution in [0.2, 0.25) is 0 Å². The van der Waals surface area contributed by atoms with Crippen LogP contribution in [0.3, 0.4) is 0 Å². The maximum Gasteiger partial charge on any atom is 0.0151 e. The first kappa shape index (κ1) is 13.4. The highest BCUT2D eigenvalue weighted by Gasteiger charge is 2.26. The van der Waals surface area contributed by atoms with Gasteiger partial charge in [0.2, 0.25) is 0 Å². The highest BCUT2D eigenvalue weighted by Crippen LogP contribution is 2.29. The van der Waals surface area contributed by atoms with Gasteiger partial charge in [0.1, 0.15) is 0 Å². The van der Waals surface area contributed by atoms with Crippen LogP contribution in [-0.2, 0) is 0 Å². The molecule has 0 aromatic carbocycles. The van der Waals surface area contributed by atoms with Gasteiger partial charge >= 0.3 is 0 Å². The van der Waals surface area contributed by atoms with Crippen molar-refractivity contribution in [3.8, 4) is 0 Å². The zero-order chi connectivity index (χ0) is 11.4. The molecule has 0 aromatic heterocycles. The molecule has 1 heteroatoms. The first-order chi connectivity index (χ1) is 6.28. The minimum absolute atomic E-state index is 0.0511. The van der Waals surface area contributed by atoms with Gasteiger partial charge in [-0.05, 0) is 32.6 Å². The molecule has 82 valence electrons. The summed E-state index contributed by atoms with van der Waals surface area (Å²) in [5, 5.41) is 8.04. The largest absolute Gasteiger partial charge is 0.309 e. The number of nitrogens with one attached hydrogen (secondary N) is 1. The van der Waals surface area contributed by atoms with Gasteiger partial charge in [-0.15, -0.1) is 0 Å². The number of rotatable bonds is 5. The minimum atomic E-state index is 0.0511. The van der Waals surface area contributed by atoms with Crippen LogP contribution in [0, 0.1) is 16.7 Å². The second kappa shape index (κ2) is 5.33. The average Bonchev–Trinajstić information content (AvgIpc) is 2.02. The Morgan fingerprint density at radius 3 is 2.14 bits per heavy atom. The maximum absolute atomic E-state index is 8.04. The molecule has 0 amide bonds. The second-order valence-corrected chi connectivity index (χ2v) is 5.18. The van der Waals surface area contributed by atoms with Gasteiger partial charge in [-0.1, -0.05) is 39.3 Å². The Morgan fingerprint density at radius 2 is 1.79 bits per heavy atom. The van der Waals surface area contributed by atoms with E-state index in [0.717, 1.165) is 18.6 Å². The molecule has 0 fully saturated rings. The summed E-state index contributed by atoms with van der Waals surface area (Å²) in [6.45, 7) is 12.9. The van der Waals surface area contributed by atoms with Crippen molar-refractivity contribution in [2.75, 3.05) is 0 Å². The monoisotopic (exact) mass is 195 g/mol. The Hall–Kier alpha value is -0.590. The van der Waals surface area contributed by atoms with E-state index in [0.29, 0.717) is 5.92 Å². The molecule has 0 aliphatic carbocycles. The molecule has 0 aliphatic rings. The lowest BCUT2D eigenvalue weighted by molar-refractivity contribution is 0.357. The van der Waals surface area contributed by atoms with Gasteiger partial charge in [0.25, 0.3) is 0 Å². The highest BCUT2D eigenvalue weighted by molar-refractivity contribution is 5.87. The number of allylic oxidation sites excluding steroid dienone is 2. The maximum atomic E-state index is 8.04. The predicted octanol–water partition coefficient (Wildman–Crippen LogP) is 4.43. The van der Waals surface area contributed by atoms with Crippen LogP contribution in [0.4, 0.5) is 0 Å². The van der Waals surface area contributed by atoms with Crippen LogP contribution < -0.4 is 0 Å². The third-order valence-corrected chi connectivity index (χ3v) is 3.17. The van der Waals surface area contributed by atoms with Gasteiger partial charge in [0.15, 0.2) is 0 Å². The van der Waals surface area contributed by atoms with Crippen LogP contribution in [0.5, 0.6) is 0 Å². The van der Waals surface area contributed by atoms with E-state index in [-0.39, 0.29) is 5.41 Å². The minimum Gasteiger partial charge on any atom is -0.309 e. The Balaban J connectivity index is 4.16. The van der Waals surface area contributed by atoms with Crippen LogP contribution in [0.15, 0.2) is 11.6 Å². The molecule has 0 saturated carbocycles. The molecule has 0 heterocycles. The van der Waals surface area contributed by atoms with E-state index in [2.05, 4.69) is 47.6 Å². The van der Waals surface area contributed by atoms with Crippen LogP contribution in [-0.4, -0.2) is 5.71 Å². The number of hydrogen-bond acceptors (Lipinski definition) is 1. The SMILES string of the molecule is CC(C)=CCCC(=N)C(C)(C)C(C)C. The van der Waals surface area contributed by atoms with E-state index in [1.54, 1.807) is 0 Å². The Labute approximate surface area is 89.1 Å². The fourth-order valence-corrected chi connectivity index (χ4v) is 1.18. The summed E-state index contributed by atoms with van der Waals surface area (Å²) in [5.74, 6) is 0.543. The lowest BCUT2D eigenvalue weighted by Gasteiger charge is -2.30. The Morgan fingerprint density at radius 1 is 1.29 bits per heavy atom. The molecule has 1 N–H and O–H groups in total. The first-order valence-electron chi connectivity index (χ1n) is 5.49. The Kier molecular flexibility index (Phi) is 5.11. The van der Waals surface area contributed by atoms with Crippen LogP contribution >= 0.6 is 0 Å². The third-order valence-electron chi connectivity index (χ3n) is 3.17. The zero-order valence-corrected chi connectivity index (χ0v) is 10.6. The molecular formula is C13H25N. The van der Waals surface area contributed by atoms with Crippen LogP contribution in [0.1, 0.15) is 54.4 Å². The lowest BCUT2D eigenvalue weighted by Crippen LogP contribution is -2.29. The average molecular weight is 195 g/mol. The summed E-state index contributed by atoms with van der Waals surface area (Å²) in [6, 6.07) is 0. The van der Waals surface area contributed by atoms with Crippen molar-refractivity contribution in [2.45, 2.75) is 54.4 Å². The number of hydrogen-bond donors (Lipinski definition) is 1. The predicted molar refractivity (Wildman–Crippen MR) is 65.0 cm³/mol. The van der Waals surface area contributed by atoms with Crippen LogP contribution in [0.25, 0.3) is 0 Å². The van der Waals surface area contributed by atoms with E-state index in [9.17, 15) is 0 Å². The fraction of sp³-hybridized carbons (Fsp3) is 0.769. The van der Waals surface area contributed by atoms with Gasteiger partial charge in [0.05, 0.1) is 0 Å². The lowest BCUT2D eigenvalue weighted by atomic mass is 9.75. The fourth-order valence-electron chi connectivity index (χ4n) is 1.18. The molecule has 0 aromatic rings. The highest BCUT2D eigenvalue weighted by atomic mass is 14.5. The van der Waals surface area contributed by atoms with E-state index in [1.165, 1.54) is 5.57 Å². The van der Waals surface area contributed by atoms with Crippen molar-refractivity contribution in [3.05, 3.63) is 11.6 Å². The quantitative estimate of drug-likeness (QED) is 0.495. The molecule has 0 bridgehead atoms. The van der Waals surface area contributed by atoms with Gasteiger partial charge in [-0.3, -0.25) is 0 Å². The summed E-state index contributed by atoms with van der Waals surface area (Å²) in [7, 11) is 0. The second-order valence-electron chi connectivity index (χ2n) is 5.18. The van der Waals surface area contributed by atoms with Gasteiger partial charge in [-0.25, -0.2) is 0 Å². The van der Waals surface area contributed by atoms with Crippen molar-refractivity contribution in [3.63, 3.8) is 0 Å². The smallest absolute Gasteiger partial charge is 0.0151 e. The van der Waals surface area contributed by atoms with E-state index >= 15 is 0 Å². The molecule has 14 heavy (non-hydrogen) atoms. The molecule has 0 unspecified atom stereocenters. The molecule has 0 atom stereocenters. The Bertz CT molecular complexity index is 217. The van der Waals surface area contributed by atoms with E-state index < -0.39 is 0 Å². The normalized spacial score (nSPS) is 11.6. The summed E-state index contributed by atoms with van der Waals surface area (Å²) in [4.78, 5) is 0. The third kappa shape index (κ3) is 4.08. The van der Waals surface area contributed by atoms with Crippen molar-refractivity contribution in [2.24, 2.45) is 11.3 Å². The summed E-state index contributed by atoms with van der Waals surface area (Å²) in [5.41, 5.74) is 2.28. The van der Waals surface area contributed by atoms with Crippen molar-refractivity contribution >= 4 is 5.71 Å². The molecule has 0 radical (unpaired) electrons. The molecule has 1 nitrogen and oxygen atoms in total. The van der Waals surface area contributed by atoms with Crippen molar-refractivity contribution in [1.82, 2.24) is 0 Å². The van der Waals surface area contributed by atoms with Crippen molar-refractivity contribution in [1.29, 1.82) is 5.41 Å². The molecular weight excluding hydrogens is 170 g/mol. The van der Waals surface area contributed by atoms with E-state index in [1.807, 2.05) is 0 Å². The molecule has 0 rings (SSSR count). The molecule has 0 saturated heterocycles. The van der Waals surface area contributed by atoms with E-state index in [4.69, 9.17) is 5.41 Å². The molecule has 0 aliphatic heterocycles. The topological polar surface area (TPSA) is 23.9 Å². The van der Waals surface area contributed by atoms with Gasteiger partial charge in [-0.2, -0.15) is 0 Å². The van der Waals surface area contributed by atoms with Gasteiger partial charge in [0, 0.05) is 11.1 Å². The van der Waals surface area contributed by atoms with Gasteiger partial charge < -0.3 is 5.41 Å². The summed E-state index contributed by atoms with van der Waals surface area (Å²) >= 11 is 0. The molecule has 0 spiro atoms. The summed E-state index contributed by atoms with van der Waals surface area (Å²) < 4.78 is 0. The summed E-state index contributed by atoms with van der Waals surface area (Å²) in [6.07, 6.45) is 4.12.